The lowest BCUT2D eigenvalue weighted by molar-refractivity contribution is -0.384. The van der Waals surface area contributed by atoms with Crippen molar-refractivity contribution >= 4 is 39.9 Å². The van der Waals surface area contributed by atoms with Gasteiger partial charge in [-0.3, -0.25) is 15.0 Å². The molecule has 0 unspecified atom stereocenters. The van der Waals surface area contributed by atoms with Gasteiger partial charge in [0, 0.05) is 50.7 Å². The summed E-state index contributed by atoms with van der Waals surface area (Å²) in [6.07, 6.45) is 1.88. The minimum absolute atomic E-state index is 0.00854. The van der Waals surface area contributed by atoms with Gasteiger partial charge < -0.3 is 10.0 Å². The Labute approximate surface area is 214 Å². The van der Waals surface area contributed by atoms with Crippen molar-refractivity contribution in [3.63, 3.8) is 0 Å². The number of nitro benzene ring substituents is 1. The van der Waals surface area contributed by atoms with Crippen LogP contribution in [0.2, 0.25) is 0 Å². The summed E-state index contributed by atoms with van der Waals surface area (Å²) in [6, 6.07) is 22.4. The molecule has 0 fully saturated rings. The molecule has 3 aromatic carbocycles. The Morgan fingerprint density at radius 3 is 2.51 bits per heavy atom. The lowest BCUT2D eigenvalue weighted by Gasteiger charge is -2.31. The number of para-hydroxylation sites is 1. The molecule has 0 amide bonds. The Kier molecular flexibility index (Phi) is 6.42. The second-order valence-electron chi connectivity index (χ2n) is 9.34. The van der Waals surface area contributed by atoms with Gasteiger partial charge in [-0.15, -0.1) is 0 Å². The summed E-state index contributed by atoms with van der Waals surface area (Å²) in [5.74, 6) is -0.998. The second kappa shape index (κ2) is 9.83. The normalized spacial score (nSPS) is 14.5. The number of hydrogen-bond acceptors (Lipinski definition) is 6. The molecule has 0 radical (unpaired) electrons. The number of carbonyl (C=O) groups is 1. The highest BCUT2D eigenvalue weighted by molar-refractivity contribution is 6.06. The summed E-state index contributed by atoms with van der Waals surface area (Å²) < 4.78 is 0. The summed E-state index contributed by atoms with van der Waals surface area (Å²) in [6.45, 7) is 1.58. The predicted molar refractivity (Wildman–Crippen MR) is 145 cm³/mol. The zero-order valence-electron chi connectivity index (χ0n) is 20.6. The van der Waals surface area contributed by atoms with E-state index >= 15 is 0 Å². The van der Waals surface area contributed by atoms with Crippen LogP contribution in [0.25, 0.3) is 22.6 Å². The molecule has 0 saturated carbocycles. The minimum atomic E-state index is -0.998. The minimum Gasteiger partial charge on any atom is -0.478 e. The monoisotopic (exact) mass is 494 g/mol. The number of nitro groups is 1. The molecule has 0 spiro atoms. The Morgan fingerprint density at radius 1 is 1.08 bits per heavy atom. The molecular formula is C29H26N4O4. The molecule has 2 heterocycles. The second-order valence-corrected chi connectivity index (χ2v) is 9.34. The highest BCUT2D eigenvalue weighted by atomic mass is 16.6. The number of anilines is 1. The number of nitrogens with zero attached hydrogens (tertiary/aromatic N) is 4. The fourth-order valence-electron chi connectivity index (χ4n) is 4.93. The molecule has 1 aliphatic rings. The summed E-state index contributed by atoms with van der Waals surface area (Å²) in [5, 5.41) is 22.6. The number of fused-ring (bicyclic) bond motifs is 2. The van der Waals surface area contributed by atoms with Crippen molar-refractivity contribution in [2.24, 2.45) is 0 Å². The largest absolute Gasteiger partial charge is 0.478 e. The third kappa shape index (κ3) is 4.79. The van der Waals surface area contributed by atoms with E-state index in [1.807, 2.05) is 60.7 Å². The van der Waals surface area contributed by atoms with Gasteiger partial charge in [0.1, 0.15) is 5.69 Å². The summed E-state index contributed by atoms with van der Waals surface area (Å²) in [4.78, 5) is 32.6. The standard InChI is InChI=1S/C29H26N4O4/c1-31(2)25-13-12-20(15-26(25)33(36)37)14-21-17-32(16-19-8-4-3-5-9-19)18-23-27(29(34)35)22-10-6-7-11-24(22)30-28(21)23/h3-15H,16-18H2,1-2H3,(H,34,35). The van der Waals surface area contributed by atoms with Gasteiger partial charge in [0.05, 0.1) is 21.7 Å². The van der Waals surface area contributed by atoms with Crippen LogP contribution in [0.15, 0.2) is 72.8 Å². The van der Waals surface area contributed by atoms with Gasteiger partial charge in [0.25, 0.3) is 5.69 Å². The van der Waals surface area contributed by atoms with Crippen LogP contribution < -0.4 is 4.90 Å². The number of carboxylic acids is 1. The number of benzene rings is 3. The summed E-state index contributed by atoms with van der Waals surface area (Å²) in [7, 11) is 3.53. The van der Waals surface area contributed by atoms with E-state index in [-0.39, 0.29) is 16.2 Å². The maximum absolute atomic E-state index is 12.5. The molecule has 0 atom stereocenters. The average Bonchev–Trinajstić information content (AvgIpc) is 2.87. The van der Waals surface area contributed by atoms with Gasteiger partial charge in [0.2, 0.25) is 0 Å². The number of aromatic carboxylic acids is 1. The topological polar surface area (TPSA) is 99.8 Å². The third-order valence-corrected chi connectivity index (χ3v) is 6.55. The Hall–Kier alpha value is -4.56. The predicted octanol–water partition coefficient (Wildman–Crippen LogP) is 5.46. The van der Waals surface area contributed by atoms with E-state index in [4.69, 9.17) is 4.98 Å². The molecule has 37 heavy (non-hydrogen) atoms. The fourth-order valence-corrected chi connectivity index (χ4v) is 4.93. The molecule has 1 aliphatic heterocycles. The van der Waals surface area contributed by atoms with Crippen LogP contribution in [0.1, 0.15) is 32.7 Å². The third-order valence-electron chi connectivity index (χ3n) is 6.55. The van der Waals surface area contributed by atoms with Crippen molar-refractivity contribution in [3.8, 4) is 0 Å². The van der Waals surface area contributed by atoms with Gasteiger partial charge in [-0.1, -0.05) is 54.6 Å². The van der Waals surface area contributed by atoms with Crippen LogP contribution in [0, 0.1) is 10.1 Å². The number of rotatable bonds is 6. The molecule has 186 valence electrons. The average molecular weight is 495 g/mol. The van der Waals surface area contributed by atoms with Gasteiger partial charge in [0.15, 0.2) is 0 Å². The van der Waals surface area contributed by atoms with Crippen molar-refractivity contribution in [3.05, 3.63) is 111 Å². The molecular weight excluding hydrogens is 468 g/mol. The van der Waals surface area contributed by atoms with Crippen LogP contribution >= 0.6 is 0 Å². The van der Waals surface area contributed by atoms with E-state index in [2.05, 4.69) is 4.90 Å². The number of pyridine rings is 1. The van der Waals surface area contributed by atoms with E-state index in [1.165, 1.54) is 0 Å². The lowest BCUT2D eigenvalue weighted by Crippen LogP contribution is -2.31. The molecule has 1 aromatic heterocycles. The maximum atomic E-state index is 12.5. The molecule has 0 saturated heterocycles. The van der Waals surface area contributed by atoms with Gasteiger partial charge >= 0.3 is 5.97 Å². The van der Waals surface area contributed by atoms with Crippen molar-refractivity contribution in [1.29, 1.82) is 0 Å². The molecule has 5 rings (SSSR count). The van der Waals surface area contributed by atoms with Crippen LogP contribution in [-0.2, 0) is 13.1 Å². The summed E-state index contributed by atoms with van der Waals surface area (Å²) >= 11 is 0. The van der Waals surface area contributed by atoms with Crippen LogP contribution in [0.5, 0.6) is 0 Å². The molecule has 0 bridgehead atoms. The van der Waals surface area contributed by atoms with Crippen LogP contribution in [0.4, 0.5) is 11.4 Å². The maximum Gasteiger partial charge on any atom is 0.336 e. The number of carboxylic acid groups (broad SMARTS) is 1. The molecule has 4 aromatic rings. The van der Waals surface area contributed by atoms with Gasteiger partial charge in [-0.05, 0) is 34.9 Å². The number of hydrogen-bond donors (Lipinski definition) is 1. The first-order valence-electron chi connectivity index (χ1n) is 11.9. The highest BCUT2D eigenvalue weighted by Crippen LogP contribution is 2.36. The zero-order chi connectivity index (χ0) is 26.1. The van der Waals surface area contributed by atoms with Crippen molar-refractivity contribution in [2.75, 3.05) is 25.5 Å². The van der Waals surface area contributed by atoms with Crippen LogP contribution in [0.3, 0.4) is 0 Å². The van der Waals surface area contributed by atoms with Gasteiger partial charge in [-0.25, -0.2) is 9.78 Å². The highest BCUT2D eigenvalue weighted by Gasteiger charge is 2.29. The van der Waals surface area contributed by atoms with Crippen molar-refractivity contribution < 1.29 is 14.8 Å². The van der Waals surface area contributed by atoms with Gasteiger partial charge in [-0.2, -0.15) is 0 Å². The quantitative estimate of drug-likeness (QED) is 0.280. The van der Waals surface area contributed by atoms with Crippen molar-refractivity contribution in [1.82, 2.24) is 9.88 Å². The Morgan fingerprint density at radius 2 is 1.81 bits per heavy atom. The number of aromatic nitrogens is 1. The summed E-state index contributed by atoms with van der Waals surface area (Å²) in [5.41, 5.74) is 5.24. The first kappa shape index (κ1) is 24.1. The molecule has 1 N–H and O–H groups in total. The van der Waals surface area contributed by atoms with Crippen LogP contribution in [-0.4, -0.2) is 46.5 Å². The van der Waals surface area contributed by atoms with E-state index in [0.717, 1.165) is 11.1 Å². The SMILES string of the molecule is CN(C)c1ccc(C=C2CN(Cc3ccccc3)Cc3c2nc2ccccc2c3C(=O)O)cc1[N+](=O)[O-]. The van der Waals surface area contributed by atoms with E-state index < -0.39 is 5.97 Å². The first-order valence-corrected chi connectivity index (χ1v) is 11.9. The molecule has 0 aliphatic carbocycles. The molecule has 8 nitrogen and oxygen atoms in total. The zero-order valence-corrected chi connectivity index (χ0v) is 20.6. The Bertz CT molecular complexity index is 1550. The van der Waals surface area contributed by atoms with E-state index in [1.54, 1.807) is 37.2 Å². The lowest BCUT2D eigenvalue weighted by atomic mass is 9.91. The van der Waals surface area contributed by atoms with E-state index in [9.17, 15) is 20.0 Å². The van der Waals surface area contributed by atoms with Crippen molar-refractivity contribution in [2.45, 2.75) is 13.1 Å². The fraction of sp³-hybridized carbons (Fsp3) is 0.172. The Balaban J connectivity index is 1.69. The smallest absolute Gasteiger partial charge is 0.336 e. The first-order chi connectivity index (χ1) is 17.8. The molecule has 8 heteroatoms. The van der Waals surface area contributed by atoms with E-state index in [0.29, 0.717) is 53.0 Å².